The molecular formula is C32H46F3N2O6P. The summed E-state index contributed by atoms with van der Waals surface area (Å²) in [5, 5.41) is 2.87. The van der Waals surface area contributed by atoms with Crippen LogP contribution in [0.25, 0.3) is 0 Å². The average Bonchev–Trinajstić information content (AvgIpc) is 2.97. The number of alkyl halides is 3. The van der Waals surface area contributed by atoms with Crippen molar-refractivity contribution in [3.8, 4) is 11.5 Å². The normalized spacial score (nSPS) is 12.8. The van der Waals surface area contributed by atoms with Gasteiger partial charge in [0.05, 0.1) is 11.7 Å². The van der Waals surface area contributed by atoms with Crippen molar-refractivity contribution >= 4 is 13.5 Å². The molecule has 0 unspecified atom stereocenters. The van der Waals surface area contributed by atoms with Gasteiger partial charge in [-0.15, -0.1) is 0 Å². The number of hydrogen-bond donors (Lipinski definition) is 3. The molecule has 0 aliphatic rings. The fourth-order valence-corrected chi connectivity index (χ4v) is 4.97. The van der Waals surface area contributed by atoms with Crippen LogP contribution in [0, 0.1) is 0 Å². The number of benzene rings is 1. The summed E-state index contributed by atoms with van der Waals surface area (Å²) in [6.07, 6.45) is 11.8. The second-order valence-corrected chi connectivity index (χ2v) is 12.4. The first kappa shape index (κ1) is 37.3. The number of nitrogens with one attached hydrogen (secondary N) is 1. The maximum Gasteiger partial charge on any atom is 0.422 e. The molecule has 2 rings (SSSR count). The lowest BCUT2D eigenvalue weighted by atomic mass is 10.0. The van der Waals surface area contributed by atoms with Crippen molar-refractivity contribution in [3.63, 3.8) is 0 Å². The molecule has 0 spiro atoms. The number of carbonyl (C=O) groups is 1. The maximum absolute atomic E-state index is 12.6. The van der Waals surface area contributed by atoms with E-state index in [4.69, 9.17) is 9.47 Å². The molecule has 0 saturated carbocycles. The molecule has 246 valence electrons. The smallest absolute Gasteiger partial charge is 0.422 e. The van der Waals surface area contributed by atoms with Crippen molar-refractivity contribution in [2.24, 2.45) is 0 Å². The molecule has 1 amide bonds. The molecule has 8 nitrogen and oxygen atoms in total. The van der Waals surface area contributed by atoms with E-state index in [0.29, 0.717) is 24.3 Å². The Morgan fingerprint density at radius 3 is 2.14 bits per heavy atom. The summed E-state index contributed by atoms with van der Waals surface area (Å²) in [6.45, 7) is 0.822. The van der Waals surface area contributed by atoms with Crippen LogP contribution in [0.2, 0.25) is 0 Å². The van der Waals surface area contributed by atoms with Crippen LogP contribution in [0.4, 0.5) is 13.2 Å². The van der Waals surface area contributed by atoms with Crippen LogP contribution in [0.5, 0.6) is 11.5 Å². The number of pyridine rings is 1. The van der Waals surface area contributed by atoms with Crippen LogP contribution in [0.1, 0.15) is 95.2 Å². The first-order valence-corrected chi connectivity index (χ1v) is 17.0. The van der Waals surface area contributed by atoms with Crippen LogP contribution in [0.3, 0.4) is 0 Å². The van der Waals surface area contributed by atoms with Crippen LogP contribution >= 0.6 is 7.60 Å². The largest absolute Gasteiger partial charge is 0.487 e. The Kier molecular flexibility index (Phi) is 17.1. The number of rotatable bonds is 22. The zero-order chi connectivity index (χ0) is 32.3. The van der Waals surface area contributed by atoms with Gasteiger partial charge < -0.3 is 24.6 Å². The highest BCUT2D eigenvalue weighted by Crippen LogP contribution is 2.36. The summed E-state index contributed by atoms with van der Waals surface area (Å²) in [5.74, 6) is 1.15. The van der Waals surface area contributed by atoms with Crippen LogP contribution in [-0.4, -0.2) is 39.5 Å². The van der Waals surface area contributed by atoms with Gasteiger partial charge in [0.15, 0.2) is 6.61 Å². The second kappa shape index (κ2) is 20.2. The molecule has 0 radical (unpaired) electrons. The summed E-state index contributed by atoms with van der Waals surface area (Å²) in [4.78, 5) is 35.2. The van der Waals surface area contributed by atoms with Crippen molar-refractivity contribution in [2.45, 2.75) is 109 Å². The summed E-state index contributed by atoms with van der Waals surface area (Å²) >= 11 is 0. The number of aromatic nitrogens is 1. The summed E-state index contributed by atoms with van der Waals surface area (Å²) < 4.78 is 59.0. The summed E-state index contributed by atoms with van der Waals surface area (Å²) in [5.41, 5.74) is 1.19. The predicted molar refractivity (Wildman–Crippen MR) is 164 cm³/mol. The van der Waals surface area contributed by atoms with Gasteiger partial charge in [0.25, 0.3) is 0 Å². The van der Waals surface area contributed by atoms with Crippen molar-refractivity contribution in [3.05, 3.63) is 65.7 Å². The van der Waals surface area contributed by atoms with Gasteiger partial charge >= 0.3 is 13.8 Å². The number of unbranched alkanes of at least 4 members (excludes halogenated alkanes) is 10. The zero-order valence-corrected chi connectivity index (χ0v) is 26.3. The molecule has 2 aromatic rings. The Morgan fingerprint density at radius 1 is 0.932 bits per heavy atom. The molecule has 1 aromatic carbocycles. The third-order valence-electron chi connectivity index (χ3n) is 6.82. The molecule has 0 saturated heterocycles. The molecule has 44 heavy (non-hydrogen) atoms. The predicted octanol–water partition coefficient (Wildman–Crippen LogP) is 8.02. The van der Waals surface area contributed by atoms with Gasteiger partial charge in [-0.1, -0.05) is 89.3 Å². The minimum Gasteiger partial charge on any atom is -0.487 e. The molecule has 1 aromatic heterocycles. The molecule has 1 atom stereocenters. The van der Waals surface area contributed by atoms with E-state index in [9.17, 15) is 32.3 Å². The van der Waals surface area contributed by atoms with Gasteiger partial charge in [0.2, 0.25) is 5.91 Å². The van der Waals surface area contributed by atoms with E-state index in [-0.39, 0.29) is 18.3 Å². The molecule has 0 aliphatic carbocycles. The van der Waals surface area contributed by atoms with E-state index in [2.05, 4.69) is 17.2 Å². The number of amides is 1. The minimum atomic E-state index is -4.44. The van der Waals surface area contributed by atoms with Gasteiger partial charge in [0.1, 0.15) is 18.1 Å². The number of nitrogens with zero attached hydrogens (tertiary/aromatic N) is 1. The fraction of sp³-hybridized carbons (Fsp3) is 0.562. The molecule has 3 N–H and O–H groups in total. The first-order chi connectivity index (χ1) is 20.9. The first-order valence-electron chi connectivity index (χ1n) is 15.3. The third-order valence-corrected chi connectivity index (χ3v) is 7.38. The number of ether oxygens (including phenoxy) is 2. The highest BCUT2D eigenvalue weighted by atomic mass is 31.2. The fourth-order valence-electron chi connectivity index (χ4n) is 4.53. The van der Waals surface area contributed by atoms with Gasteiger partial charge in [-0.05, 0) is 36.6 Å². The molecule has 0 fully saturated rings. The Bertz CT molecular complexity index is 1170. The average molecular weight is 643 g/mol. The Labute approximate surface area is 258 Å². The van der Waals surface area contributed by atoms with Gasteiger partial charge in [-0.25, -0.2) is 0 Å². The lowest BCUT2D eigenvalue weighted by Gasteiger charge is -2.16. The molecule has 0 bridgehead atoms. The Balaban J connectivity index is 1.79. The van der Waals surface area contributed by atoms with E-state index in [1.807, 2.05) is 0 Å². The molecule has 1 heterocycles. The lowest BCUT2D eigenvalue weighted by molar-refractivity contribution is -0.153. The number of hydrogen-bond acceptors (Lipinski definition) is 5. The van der Waals surface area contributed by atoms with Gasteiger partial charge in [-0.2, -0.15) is 13.2 Å². The lowest BCUT2D eigenvalue weighted by Crippen LogP contribution is -2.34. The highest BCUT2D eigenvalue weighted by Gasteiger charge is 2.28. The van der Waals surface area contributed by atoms with E-state index < -0.39 is 26.4 Å². The monoisotopic (exact) mass is 642 g/mol. The number of halogens is 3. The second-order valence-electron chi connectivity index (χ2n) is 10.9. The van der Waals surface area contributed by atoms with E-state index in [0.717, 1.165) is 30.6 Å². The molecular weight excluding hydrogens is 596 g/mol. The summed E-state index contributed by atoms with van der Waals surface area (Å²) in [7, 11) is -4.40. The zero-order valence-electron chi connectivity index (χ0n) is 25.4. The standard InChI is InChI=1S/C32H46F3N2O6P/c1-2-3-4-5-6-7-8-9-10-11-12-13-31(38)37-27(19-21-44(39,40)41)22-26-14-16-29(17-15-26)42-24-28-23-30(18-20-36-28)43-25-32(33,34)35/h14-21,23,27H,2-13,22,24-25H2,1H3,(H,37,38)(H2,39,40,41)/b21-19+/t27-/m1/s1. The Hall–Kier alpha value is -2.88. The van der Waals surface area contributed by atoms with Crippen molar-refractivity contribution in [1.29, 1.82) is 0 Å². The quantitative estimate of drug-likeness (QED) is 0.0879. The van der Waals surface area contributed by atoms with E-state index in [1.54, 1.807) is 24.3 Å². The number of carbonyl (C=O) groups excluding carboxylic acids is 1. The van der Waals surface area contributed by atoms with E-state index in [1.165, 1.54) is 75.8 Å². The molecule has 0 aliphatic heterocycles. The minimum absolute atomic E-state index is 0.00527. The topological polar surface area (TPSA) is 118 Å². The molecule has 12 heteroatoms. The van der Waals surface area contributed by atoms with Crippen LogP contribution < -0.4 is 14.8 Å². The Morgan fingerprint density at radius 2 is 1.55 bits per heavy atom. The van der Waals surface area contributed by atoms with E-state index >= 15 is 0 Å². The van der Waals surface area contributed by atoms with Gasteiger partial charge in [-0.3, -0.25) is 14.3 Å². The summed E-state index contributed by atoms with van der Waals surface area (Å²) in [6, 6.07) is 9.00. The SMILES string of the molecule is CCCCCCCCCCCCCC(=O)N[C@H](/C=C/P(=O)(O)O)Cc1ccc(OCc2cc(OCC(F)(F)F)ccn2)cc1. The van der Waals surface area contributed by atoms with Crippen molar-refractivity contribution < 1.29 is 41.8 Å². The highest BCUT2D eigenvalue weighted by molar-refractivity contribution is 7.55. The van der Waals surface area contributed by atoms with Crippen molar-refractivity contribution in [2.75, 3.05) is 6.61 Å². The van der Waals surface area contributed by atoms with Crippen LogP contribution in [0.15, 0.2) is 54.5 Å². The maximum atomic E-state index is 12.6. The van der Waals surface area contributed by atoms with Gasteiger partial charge in [0, 0.05) is 24.5 Å². The van der Waals surface area contributed by atoms with Crippen molar-refractivity contribution in [1.82, 2.24) is 10.3 Å². The van der Waals surface area contributed by atoms with Crippen LogP contribution in [-0.2, 0) is 22.4 Å². The third kappa shape index (κ3) is 18.7.